The smallest absolute Gasteiger partial charge is 0.286 e. The van der Waals surface area contributed by atoms with Gasteiger partial charge in [-0.15, -0.1) is 10.2 Å². The van der Waals surface area contributed by atoms with Gasteiger partial charge in [-0.2, -0.15) is 0 Å². The van der Waals surface area contributed by atoms with Crippen molar-refractivity contribution < 1.29 is 14.3 Å². The Bertz CT molecular complexity index is 1010. The van der Waals surface area contributed by atoms with E-state index in [1.165, 1.54) is 22.5 Å². The van der Waals surface area contributed by atoms with Crippen LogP contribution in [-0.4, -0.2) is 41.8 Å². The molecule has 0 saturated carbocycles. The van der Waals surface area contributed by atoms with Gasteiger partial charge in [0, 0.05) is 18.8 Å². The molecule has 29 heavy (non-hydrogen) atoms. The molecule has 1 aliphatic rings. The third kappa shape index (κ3) is 4.38. The zero-order valence-electron chi connectivity index (χ0n) is 16.3. The number of anilines is 1. The molecule has 3 aromatic rings. The molecule has 2 aromatic carbocycles. The van der Waals surface area contributed by atoms with E-state index in [0.29, 0.717) is 11.6 Å². The molecule has 0 spiro atoms. The van der Waals surface area contributed by atoms with Crippen LogP contribution in [-0.2, 0) is 19.5 Å². The van der Waals surface area contributed by atoms with Crippen molar-refractivity contribution in [3.8, 4) is 11.5 Å². The minimum Gasteiger partial charge on any atom is -0.493 e. The van der Waals surface area contributed by atoms with E-state index in [1.54, 1.807) is 14.2 Å². The number of amides is 1. The van der Waals surface area contributed by atoms with Crippen molar-refractivity contribution in [2.75, 3.05) is 26.1 Å². The maximum Gasteiger partial charge on any atom is 0.286 e. The van der Waals surface area contributed by atoms with E-state index in [4.69, 9.17) is 9.47 Å². The number of hydrogen-bond donors (Lipinski definition) is 1. The summed E-state index contributed by atoms with van der Waals surface area (Å²) in [7, 11) is 3.30. The summed E-state index contributed by atoms with van der Waals surface area (Å²) in [5, 5.41) is 12.3. The first-order valence-electron chi connectivity index (χ1n) is 9.31. The number of hydrogen-bond acceptors (Lipinski definition) is 7. The summed E-state index contributed by atoms with van der Waals surface area (Å²) < 4.78 is 10.8. The molecule has 1 aliphatic heterocycles. The SMILES string of the molecule is COc1cc2c(cc1OC)CN(Cc1nnc(C(=O)Nc3ccccc3)s1)CC2. The van der Waals surface area contributed by atoms with Gasteiger partial charge in [0.1, 0.15) is 5.01 Å². The van der Waals surface area contributed by atoms with Gasteiger partial charge >= 0.3 is 0 Å². The van der Waals surface area contributed by atoms with Crippen LogP contribution in [0.3, 0.4) is 0 Å². The second kappa shape index (κ2) is 8.59. The summed E-state index contributed by atoms with van der Waals surface area (Å²) in [5.74, 6) is 1.27. The maximum atomic E-state index is 12.4. The number of nitrogens with one attached hydrogen (secondary N) is 1. The molecule has 4 rings (SSSR count). The van der Waals surface area contributed by atoms with Crippen molar-refractivity contribution in [1.29, 1.82) is 0 Å². The van der Waals surface area contributed by atoms with Gasteiger partial charge in [-0.25, -0.2) is 0 Å². The molecule has 0 radical (unpaired) electrons. The Balaban J connectivity index is 1.41. The standard InChI is InChI=1S/C21H22N4O3S/c1-27-17-10-14-8-9-25(12-15(14)11-18(17)28-2)13-19-23-24-21(29-19)20(26)22-16-6-4-3-5-7-16/h3-7,10-11H,8-9,12-13H2,1-2H3,(H,22,26). The van der Waals surface area contributed by atoms with Crippen LogP contribution in [0.5, 0.6) is 11.5 Å². The minimum absolute atomic E-state index is 0.235. The van der Waals surface area contributed by atoms with E-state index in [9.17, 15) is 4.79 Å². The summed E-state index contributed by atoms with van der Waals surface area (Å²) in [6.07, 6.45) is 0.926. The summed E-state index contributed by atoms with van der Waals surface area (Å²) in [5.41, 5.74) is 3.24. The van der Waals surface area contributed by atoms with Gasteiger partial charge in [0.15, 0.2) is 11.5 Å². The predicted molar refractivity (Wildman–Crippen MR) is 112 cm³/mol. The van der Waals surface area contributed by atoms with Gasteiger partial charge < -0.3 is 14.8 Å². The molecular formula is C21H22N4O3S. The molecule has 0 saturated heterocycles. The lowest BCUT2D eigenvalue weighted by Crippen LogP contribution is -2.30. The molecule has 0 aliphatic carbocycles. The summed E-state index contributed by atoms with van der Waals surface area (Å²) in [6, 6.07) is 13.4. The Morgan fingerprint density at radius 1 is 1.10 bits per heavy atom. The number of carbonyl (C=O) groups is 1. The first-order chi connectivity index (χ1) is 14.2. The fourth-order valence-corrected chi connectivity index (χ4v) is 4.16. The number of para-hydroxylation sites is 1. The van der Waals surface area contributed by atoms with Crippen molar-refractivity contribution in [3.63, 3.8) is 0 Å². The molecule has 0 fully saturated rings. The molecule has 0 atom stereocenters. The Morgan fingerprint density at radius 2 is 1.83 bits per heavy atom. The zero-order chi connectivity index (χ0) is 20.2. The number of ether oxygens (including phenoxy) is 2. The van der Waals surface area contributed by atoms with E-state index in [2.05, 4.69) is 26.5 Å². The van der Waals surface area contributed by atoms with Gasteiger partial charge in [-0.1, -0.05) is 29.5 Å². The van der Waals surface area contributed by atoms with Crippen LogP contribution in [0.25, 0.3) is 0 Å². The van der Waals surface area contributed by atoms with Crippen LogP contribution >= 0.6 is 11.3 Å². The second-order valence-electron chi connectivity index (χ2n) is 6.76. The molecule has 150 valence electrons. The highest BCUT2D eigenvalue weighted by Gasteiger charge is 2.21. The maximum absolute atomic E-state index is 12.4. The Labute approximate surface area is 173 Å². The molecule has 7 nitrogen and oxygen atoms in total. The fraction of sp³-hybridized carbons (Fsp3) is 0.286. The summed E-state index contributed by atoms with van der Waals surface area (Å²) in [4.78, 5) is 14.7. The topological polar surface area (TPSA) is 76.6 Å². The van der Waals surface area contributed by atoms with E-state index in [0.717, 1.165) is 41.7 Å². The lowest BCUT2D eigenvalue weighted by atomic mass is 9.99. The normalized spacial score (nSPS) is 13.6. The van der Waals surface area contributed by atoms with Crippen LogP contribution in [0, 0.1) is 0 Å². The number of benzene rings is 2. The van der Waals surface area contributed by atoms with Crippen LogP contribution in [0.15, 0.2) is 42.5 Å². The van der Waals surface area contributed by atoms with Crippen molar-refractivity contribution in [2.45, 2.75) is 19.5 Å². The Kier molecular flexibility index (Phi) is 5.73. The van der Waals surface area contributed by atoms with Gasteiger partial charge in [0.2, 0.25) is 5.01 Å². The highest BCUT2D eigenvalue weighted by molar-refractivity contribution is 7.13. The van der Waals surface area contributed by atoms with Crippen molar-refractivity contribution >= 4 is 22.9 Å². The average Bonchev–Trinajstić information content (AvgIpc) is 3.22. The molecule has 8 heteroatoms. The zero-order valence-corrected chi connectivity index (χ0v) is 17.2. The van der Waals surface area contributed by atoms with E-state index in [1.807, 2.05) is 36.4 Å². The van der Waals surface area contributed by atoms with Crippen molar-refractivity contribution in [2.24, 2.45) is 0 Å². The molecule has 1 N–H and O–H groups in total. The lowest BCUT2D eigenvalue weighted by Gasteiger charge is -2.28. The van der Waals surface area contributed by atoms with Crippen molar-refractivity contribution in [3.05, 3.63) is 63.6 Å². The van der Waals surface area contributed by atoms with Gasteiger partial charge in [-0.3, -0.25) is 9.69 Å². The molecule has 0 bridgehead atoms. The Morgan fingerprint density at radius 3 is 2.55 bits per heavy atom. The Hall–Kier alpha value is -2.97. The molecule has 1 aromatic heterocycles. The number of nitrogens with zero attached hydrogens (tertiary/aromatic N) is 3. The van der Waals surface area contributed by atoms with E-state index in [-0.39, 0.29) is 5.91 Å². The molecule has 1 amide bonds. The minimum atomic E-state index is -0.235. The second-order valence-corrected chi connectivity index (χ2v) is 7.82. The largest absolute Gasteiger partial charge is 0.493 e. The average molecular weight is 410 g/mol. The monoisotopic (exact) mass is 410 g/mol. The third-order valence-corrected chi connectivity index (χ3v) is 5.76. The van der Waals surface area contributed by atoms with Gasteiger partial charge in [-0.05, 0) is 41.8 Å². The highest BCUT2D eigenvalue weighted by atomic mass is 32.1. The number of aromatic nitrogens is 2. The molecule has 0 unspecified atom stereocenters. The van der Waals surface area contributed by atoms with E-state index >= 15 is 0 Å². The van der Waals surface area contributed by atoms with Crippen LogP contribution in [0.4, 0.5) is 5.69 Å². The lowest BCUT2D eigenvalue weighted by molar-refractivity contribution is 0.102. The fourth-order valence-electron chi connectivity index (χ4n) is 3.38. The predicted octanol–water partition coefficient (Wildman–Crippen LogP) is 3.37. The highest BCUT2D eigenvalue weighted by Crippen LogP contribution is 2.33. The third-order valence-electron chi connectivity index (χ3n) is 4.85. The van der Waals surface area contributed by atoms with Gasteiger partial charge in [0.05, 0.1) is 20.8 Å². The van der Waals surface area contributed by atoms with E-state index < -0.39 is 0 Å². The number of fused-ring (bicyclic) bond motifs is 1. The summed E-state index contributed by atoms with van der Waals surface area (Å²) >= 11 is 1.33. The quantitative estimate of drug-likeness (QED) is 0.672. The van der Waals surface area contributed by atoms with Crippen LogP contribution in [0.1, 0.15) is 25.9 Å². The summed E-state index contributed by atoms with van der Waals surface area (Å²) in [6.45, 7) is 2.36. The first-order valence-corrected chi connectivity index (χ1v) is 10.1. The number of methoxy groups -OCH3 is 2. The molecular weight excluding hydrogens is 388 g/mol. The van der Waals surface area contributed by atoms with Gasteiger partial charge in [0.25, 0.3) is 5.91 Å². The molecule has 2 heterocycles. The number of carbonyl (C=O) groups excluding carboxylic acids is 1. The van der Waals surface area contributed by atoms with Crippen LogP contribution < -0.4 is 14.8 Å². The van der Waals surface area contributed by atoms with Crippen molar-refractivity contribution in [1.82, 2.24) is 15.1 Å². The number of rotatable bonds is 6. The first kappa shape index (κ1) is 19.4. The van der Waals surface area contributed by atoms with Crippen LogP contribution in [0.2, 0.25) is 0 Å².